The van der Waals surface area contributed by atoms with E-state index in [0.29, 0.717) is 6.61 Å². The van der Waals surface area contributed by atoms with Gasteiger partial charge < -0.3 is 10.5 Å². The molecule has 0 amide bonds. The van der Waals surface area contributed by atoms with E-state index in [4.69, 9.17) is 10.5 Å². The minimum atomic E-state index is 0.216. The van der Waals surface area contributed by atoms with Gasteiger partial charge in [-0.25, -0.2) is 0 Å². The van der Waals surface area contributed by atoms with Gasteiger partial charge in [0.15, 0.2) is 0 Å². The Labute approximate surface area is 129 Å². The molecule has 0 saturated heterocycles. The fourth-order valence-electron chi connectivity index (χ4n) is 1.99. The molecule has 0 aromatic heterocycles. The second-order valence-corrected chi connectivity index (χ2v) is 5.75. The molecule has 2 aromatic rings. The van der Waals surface area contributed by atoms with Crippen LogP contribution in [0.15, 0.2) is 53.0 Å². The summed E-state index contributed by atoms with van der Waals surface area (Å²) in [6.07, 6.45) is 1.88. The molecule has 0 aliphatic rings. The first-order valence-corrected chi connectivity index (χ1v) is 7.69. The first kappa shape index (κ1) is 15.1. The largest absolute Gasteiger partial charge is 0.489 e. The lowest BCUT2D eigenvalue weighted by Crippen LogP contribution is -2.21. The van der Waals surface area contributed by atoms with E-state index < -0.39 is 0 Å². The molecule has 0 saturated carbocycles. The molecular formula is C17H20BrNO. The molecule has 1 unspecified atom stereocenters. The first-order chi connectivity index (χ1) is 9.69. The summed E-state index contributed by atoms with van der Waals surface area (Å²) in [5.74, 6) is 0.890. The molecule has 1 atom stereocenters. The van der Waals surface area contributed by atoms with E-state index in [2.05, 4.69) is 41.1 Å². The van der Waals surface area contributed by atoms with Crippen molar-refractivity contribution < 1.29 is 4.74 Å². The van der Waals surface area contributed by atoms with Crippen LogP contribution in [0.3, 0.4) is 0 Å². The Morgan fingerprint density at radius 1 is 1.15 bits per heavy atom. The van der Waals surface area contributed by atoms with Crippen LogP contribution in [-0.2, 0) is 13.0 Å². The molecule has 2 N–H and O–H groups in total. The summed E-state index contributed by atoms with van der Waals surface area (Å²) in [6.45, 7) is 2.67. The molecule has 3 heteroatoms. The van der Waals surface area contributed by atoms with Crippen LogP contribution in [0.5, 0.6) is 5.75 Å². The van der Waals surface area contributed by atoms with Gasteiger partial charge in [0, 0.05) is 16.1 Å². The molecule has 2 rings (SSSR count). The summed E-state index contributed by atoms with van der Waals surface area (Å²) in [4.78, 5) is 0. The maximum atomic E-state index is 5.99. The predicted octanol–water partition coefficient (Wildman–Crippen LogP) is 4.31. The van der Waals surface area contributed by atoms with Gasteiger partial charge in [-0.2, -0.15) is 0 Å². The van der Waals surface area contributed by atoms with Crippen molar-refractivity contribution in [2.75, 3.05) is 0 Å². The summed E-state index contributed by atoms with van der Waals surface area (Å²) in [7, 11) is 0. The van der Waals surface area contributed by atoms with E-state index >= 15 is 0 Å². The lowest BCUT2D eigenvalue weighted by atomic mass is 10.0. The molecule has 2 nitrogen and oxygen atoms in total. The highest BCUT2D eigenvalue weighted by atomic mass is 79.9. The molecular weight excluding hydrogens is 314 g/mol. The smallest absolute Gasteiger partial charge is 0.120 e. The fourth-order valence-corrected chi connectivity index (χ4v) is 2.39. The third-order valence-corrected chi connectivity index (χ3v) is 4.05. The van der Waals surface area contributed by atoms with Crippen molar-refractivity contribution in [2.24, 2.45) is 5.73 Å². The first-order valence-electron chi connectivity index (χ1n) is 6.89. The summed E-state index contributed by atoms with van der Waals surface area (Å²) in [6, 6.07) is 16.5. The molecule has 0 bridgehead atoms. The Morgan fingerprint density at radius 2 is 1.95 bits per heavy atom. The van der Waals surface area contributed by atoms with Crippen LogP contribution in [0, 0.1) is 0 Å². The maximum absolute atomic E-state index is 5.99. The average molecular weight is 334 g/mol. The highest BCUT2D eigenvalue weighted by Gasteiger charge is 2.04. The summed E-state index contributed by atoms with van der Waals surface area (Å²) in [5.41, 5.74) is 8.36. The summed E-state index contributed by atoms with van der Waals surface area (Å²) < 4.78 is 6.93. The maximum Gasteiger partial charge on any atom is 0.120 e. The quantitative estimate of drug-likeness (QED) is 0.854. The Morgan fingerprint density at radius 3 is 2.70 bits per heavy atom. The van der Waals surface area contributed by atoms with Crippen LogP contribution in [0.25, 0.3) is 0 Å². The number of rotatable bonds is 6. The number of ether oxygens (including phenoxy) is 1. The van der Waals surface area contributed by atoms with Crippen LogP contribution in [0.2, 0.25) is 0 Å². The van der Waals surface area contributed by atoms with Crippen molar-refractivity contribution >= 4 is 15.9 Å². The SMILES string of the molecule is CCC(N)Cc1cccc(OCc2ccccc2Br)c1. The molecule has 2 aromatic carbocycles. The average Bonchev–Trinajstić information content (AvgIpc) is 2.47. The van der Waals surface area contributed by atoms with Gasteiger partial charge in [-0.1, -0.05) is 53.2 Å². The second kappa shape index (κ2) is 7.46. The van der Waals surface area contributed by atoms with E-state index in [-0.39, 0.29) is 6.04 Å². The molecule has 0 aliphatic heterocycles. The van der Waals surface area contributed by atoms with Crippen LogP contribution < -0.4 is 10.5 Å². The highest BCUT2D eigenvalue weighted by Crippen LogP contribution is 2.20. The van der Waals surface area contributed by atoms with Gasteiger partial charge in [0.05, 0.1) is 0 Å². The van der Waals surface area contributed by atoms with Gasteiger partial charge in [0.25, 0.3) is 0 Å². The third-order valence-electron chi connectivity index (χ3n) is 3.27. The summed E-state index contributed by atoms with van der Waals surface area (Å²) >= 11 is 3.53. The zero-order chi connectivity index (χ0) is 14.4. The minimum absolute atomic E-state index is 0.216. The van der Waals surface area contributed by atoms with Gasteiger partial charge in [0.1, 0.15) is 12.4 Å². The van der Waals surface area contributed by atoms with E-state index in [1.807, 2.05) is 30.3 Å². The Hall–Kier alpha value is -1.32. The number of nitrogens with two attached hydrogens (primary N) is 1. The Bertz CT molecular complexity index is 556. The van der Waals surface area contributed by atoms with Gasteiger partial charge in [-0.15, -0.1) is 0 Å². The van der Waals surface area contributed by atoms with Crippen molar-refractivity contribution in [1.29, 1.82) is 0 Å². The molecule has 20 heavy (non-hydrogen) atoms. The van der Waals surface area contributed by atoms with Crippen molar-refractivity contribution in [3.05, 3.63) is 64.1 Å². The highest BCUT2D eigenvalue weighted by molar-refractivity contribution is 9.10. The second-order valence-electron chi connectivity index (χ2n) is 4.90. The van der Waals surface area contributed by atoms with Gasteiger partial charge in [0.2, 0.25) is 0 Å². The zero-order valence-electron chi connectivity index (χ0n) is 11.7. The van der Waals surface area contributed by atoms with Crippen molar-refractivity contribution in [2.45, 2.75) is 32.4 Å². The monoisotopic (exact) mass is 333 g/mol. The zero-order valence-corrected chi connectivity index (χ0v) is 13.3. The van der Waals surface area contributed by atoms with E-state index in [1.54, 1.807) is 0 Å². The van der Waals surface area contributed by atoms with Crippen LogP contribution >= 0.6 is 15.9 Å². The molecule has 0 aliphatic carbocycles. The Kier molecular flexibility index (Phi) is 5.62. The lowest BCUT2D eigenvalue weighted by Gasteiger charge is -2.11. The van der Waals surface area contributed by atoms with Crippen molar-refractivity contribution in [1.82, 2.24) is 0 Å². The van der Waals surface area contributed by atoms with E-state index in [9.17, 15) is 0 Å². The standard InChI is InChI=1S/C17H20BrNO/c1-2-15(19)10-13-6-5-8-16(11-13)20-12-14-7-3-4-9-17(14)18/h3-9,11,15H,2,10,12,19H2,1H3. The number of hydrogen-bond acceptors (Lipinski definition) is 2. The Balaban J connectivity index is 2.00. The number of hydrogen-bond donors (Lipinski definition) is 1. The van der Waals surface area contributed by atoms with E-state index in [1.165, 1.54) is 5.56 Å². The van der Waals surface area contributed by atoms with Gasteiger partial charge in [-0.3, -0.25) is 0 Å². The van der Waals surface area contributed by atoms with Crippen LogP contribution in [0.4, 0.5) is 0 Å². The third kappa shape index (κ3) is 4.36. The lowest BCUT2D eigenvalue weighted by molar-refractivity contribution is 0.305. The van der Waals surface area contributed by atoms with Crippen LogP contribution in [0.1, 0.15) is 24.5 Å². The predicted molar refractivity (Wildman–Crippen MR) is 86.9 cm³/mol. The molecule has 0 fully saturated rings. The number of halogens is 1. The van der Waals surface area contributed by atoms with Gasteiger partial charge >= 0.3 is 0 Å². The molecule has 0 heterocycles. The van der Waals surface area contributed by atoms with Gasteiger partial charge in [-0.05, 0) is 36.6 Å². The van der Waals surface area contributed by atoms with E-state index in [0.717, 1.165) is 28.6 Å². The topological polar surface area (TPSA) is 35.2 Å². The van der Waals surface area contributed by atoms with Crippen molar-refractivity contribution in [3.8, 4) is 5.75 Å². The molecule has 0 spiro atoms. The normalized spacial score (nSPS) is 12.2. The summed E-state index contributed by atoms with van der Waals surface area (Å²) in [5, 5.41) is 0. The fraction of sp³-hybridized carbons (Fsp3) is 0.294. The number of benzene rings is 2. The molecule has 106 valence electrons. The van der Waals surface area contributed by atoms with Crippen molar-refractivity contribution in [3.63, 3.8) is 0 Å². The minimum Gasteiger partial charge on any atom is -0.489 e. The van der Waals surface area contributed by atoms with Crippen LogP contribution in [-0.4, -0.2) is 6.04 Å². The molecule has 0 radical (unpaired) electrons.